The lowest BCUT2D eigenvalue weighted by molar-refractivity contribution is 0.234. The van der Waals surface area contributed by atoms with Crippen LogP contribution in [0.4, 0.5) is 0 Å². The van der Waals surface area contributed by atoms with Crippen LogP contribution in [0.2, 0.25) is 0 Å². The fourth-order valence-corrected chi connectivity index (χ4v) is 3.19. The van der Waals surface area contributed by atoms with Crippen molar-refractivity contribution in [1.29, 1.82) is 0 Å². The number of hydrogen-bond acceptors (Lipinski definition) is 1. The van der Waals surface area contributed by atoms with Crippen LogP contribution in [-0.2, 0) is 0 Å². The lowest BCUT2D eigenvalue weighted by Crippen LogP contribution is -2.31. The van der Waals surface area contributed by atoms with Crippen LogP contribution >= 0.6 is 0 Å². The highest BCUT2D eigenvalue weighted by Crippen LogP contribution is 2.44. The Balaban J connectivity index is 2.17. The molecule has 2 rings (SSSR count). The zero-order valence-electron chi connectivity index (χ0n) is 7.88. The molecule has 1 aliphatic carbocycles. The van der Waals surface area contributed by atoms with Crippen molar-refractivity contribution in [2.75, 3.05) is 7.05 Å². The van der Waals surface area contributed by atoms with Gasteiger partial charge in [0.2, 0.25) is 0 Å². The molecule has 2 aliphatic rings. The molecule has 11 heavy (non-hydrogen) atoms. The van der Waals surface area contributed by atoms with E-state index in [0.717, 1.165) is 23.9 Å². The van der Waals surface area contributed by atoms with Crippen LogP contribution in [-0.4, -0.2) is 24.0 Å². The van der Waals surface area contributed by atoms with Gasteiger partial charge >= 0.3 is 0 Å². The first-order valence-corrected chi connectivity index (χ1v) is 4.93. The van der Waals surface area contributed by atoms with Gasteiger partial charge in [0.25, 0.3) is 0 Å². The second kappa shape index (κ2) is 2.48. The Labute approximate surface area is 69.8 Å². The molecule has 0 N–H and O–H groups in total. The van der Waals surface area contributed by atoms with Crippen LogP contribution in [0.3, 0.4) is 0 Å². The zero-order chi connectivity index (χ0) is 8.01. The van der Waals surface area contributed by atoms with Crippen molar-refractivity contribution in [3.05, 3.63) is 0 Å². The van der Waals surface area contributed by atoms with Crippen LogP contribution in [0.15, 0.2) is 0 Å². The van der Waals surface area contributed by atoms with Crippen molar-refractivity contribution in [3.63, 3.8) is 0 Å². The fourth-order valence-electron chi connectivity index (χ4n) is 3.19. The summed E-state index contributed by atoms with van der Waals surface area (Å²) >= 11 is 0. The van der Waals surface area contributed by atoms with E-state index in [-0.39, 0.29) is 0 Å². The van der Waals surface area contributed by atoms with E-state index in [4.69, 9.17) is 0 Å². The summed E-state index contributed by atoms with van der Waals surface area (Å²) in [5.74, 6) is 2.05. The molecule has 0 bridgehead atoms. The van der Waals surface area contributed by atoms with Gasteiger partial charge in [-0.3, -0.25) is 0 Å². The van der Waals surface area contributed by atoms with Crippen LogP contribution in [0.5, 0.6) is 0 Å². The largest absolute Gasteiger partial charge is 0.300 e. The summed E-state index contributed by atoms with van der Waals surface area (Å²) in [7, 11) is 2.29. The molecule has 2 fully saturated rings. The molecular weight excluding hydrogens is 134 g/mol. The normalized spacial score (nSPS) is 51.5. The Hall–Kier alpha value is -0.0400. The molecule has 0 radical (unpaired) electrons. The number of rotatable bonds is 0. The highest BCUT2D eigenvalue weighted by Gasteiger charge is 2.44. The summed E-state index contributed by atoms with van der Waals surface area (Å²) in [6.45, 7) is 4.79. The summed E-state index contributed by atoms with van der Waals surface area (Å²) in [6, 6.07) is 1.69. The summed E-state index contributed by atoms with van der Waals surface area (Å²) < 4.78 is 0. The highest BCUT2D eigenvalue weighted by molar-refractivity contribution is 4.97. The molecule has 0 amide bonds. The van der Waals surface area contributed by atoms with Gasteiger partial charge in [-0.1, -0.05) is 6.42 Å². The molecule has 4 unspecified atom stereocenters. The van der Waals surface area contributed by atoms with Gasteiger partial charge in [-0.15, -0.1) is 0 Å². The monoisotopic (exact) mass is 153 g/mol. The van der Waals surface area contributed by atoms with E-state index in [2.05, 4.69) is 25.8 Å². The third-order valence-electron chi connectivity index (χ3n) is 4.15. The fraction of sp³-hybridized carbons (Fsp3) is 1.00. The minimum atomic E-state index is 0.845. The van der Waals surface area contributed by atoms with Gasteiger partial charge in [0, 0.05) is 12.1 Å². The third-order valence-corrected chi connectivity index (χ3v) is 4.15. The molecule has 1 heteroatoms. The minimum Gasteiger partial charge on any atom is -0.300 e. The predicted molar refractivity (Wildman–Crippen MR) is 47.5 cm³/mol. The Morgan fingerprint density at radius 3 is 1.91 bits per heavy atom. The molecule has 0 spiro atoms. The van der Waals surface area contributed by atoms with Crippen molar-refractivity contribution in [3.8, 4) is 0 Å². The van der Waals surface area contributed by atoms with Crippen LogP contribution in [0.1, 0.15) is 33.1 Å². The lowest BCUT2D eigenvalue weighted by atomic mass is 9.92. The maximum absolute atomic E-state index is 2.56. The molecule has 1 heterocycles. The maximum Gasteiger partial charge on any atom is 0.00983 e. The van der Waals surface area contributed by atoms with E-state index in [0.29, 0.717) is 0 Å². The molecule has 1 aliphatic heterocycles. The summed E-state index contributed by atoms with van der Waals surface area (Å²) in [6.07, 6.45) is 4.46. The van der Waals surface area contributed by atoms with Gasteiger partial charge in [-0.25, -0.2) is 0 Å². The van der Waals surface area contributed by atoms with Crippen LogP contribution in [0.25, 0.3) is 0 Å². The third kappa shape index (κ3) is 0.936. The second-order valence-electron chi connectivity index (χ2n) is 4.41. The molecule has 4 atom stereocenters. The highest BCUT2D eigenvalue weighted by atomic mass is 15.2. The Kier molecular flexibility index (Phi) is 1.71. The summed E-state index contributed by atoms with van der Waals surface area (Å²) in [4.78, 5) is 2.56. The first-order valence-electron chi connectivity index (χ1n) is 4.93. The molecule has 64 valence electrons. The molecule has 1 saturated heterocycles. The number of nitrogens with zero attached hydrogens (tertiary/aromatic N) is 1. The predicted octanol–water partition coefficient (Wildman–Crippen LogP) is 2.13. The molecule has 1 saturated carbocycles. The van der Waals surface area contributed by atoms with Crippen molar-refractivity contribution < 1.29 is 0 Å². The number of hydrogen-bond donors (Lipinski definition) is 0. The quantitative estimate of drug-likeness (QED) is 0.515. The summed E-state index contributed by atoms with van der Waals surface area (Å²) in [5, 5.41) is 0. The molecular formula is C10H19N. The van der Waals surface area contributed by atoms with Crippen LogP contribution < -0.4 is 0 Å². The van der Waals surface area contributed by atoms with Crippen molar-refractivity contribution in [2.24, 2.45) is 11.8 Å². The molecule has 0 aromatic heterocycles. The average molecular weight is 153 g/mol. The molecule has 0 aromatic rings. The van der Waals surface area contributed by atoms with E-state index in [1.54, 1.807) is 0 Å². The van der Waals surface area contributed by atoms with Gasteiger partial charge in [-0.2, -0.15) is 0 Å². The number of fused-ring (bicyclic) bond motifs is 1. The Morgan fingerprint density at radius 2 is 1.45 bits per heavy atom. The van der Waals surface area contributed by atoms with Gasteiger partial charge in [0.1, 0.15) is 0 Å². The van der Waals surface area contributed by atoms with Gasteiger partial charge in [0.05, 0.1) is 0 Å². The molecule has 1 nitrogen and oxygen atoms in total. The first kappa shape index (κ1) is 7.60. The van der Waals surface area contributed by atoms with Crippen molar-refractivity contribution >= 4 is 0 Å². The SMILES string of the molecule is CC1C2CCCC2C(C)N1C. The van der Waals surface area contributed by atoms with Gasteiger partial charge in [0.15, 0.2) is 0 Å². The van der Waals surface area contributed by atoms with Crippen LogP contribution in [0, 0.1) is 11.8 Å². The molecule has 0 aromatic carbocycles. The van der Waals surface area contributed by atoms with Crippen molar-refractivity contribution in [1.82, 2.24) is 4.90 Å². The standard InChI is InChI=1S/C10H19N/c1-7-9-5-4-6-10(9)8(2)11(7)3/h7-10H,4-6H2,1-3H3. The Morgan fingerprint density at radius 1 is 1.00 bits per heavy atom. The Bertz CT molecular complexity index is 139. The first-order chi connectivity index (χ1) is 5.22. The number of likely N-dealkylation sites (tertiary alicyclic amines) is 1. The average Bonchev–Trinajstić information content (AvgIpc) is 2.53. The van der Waals surface area contributed by atoms with E-state index in [1.165, 1.54) is 19.3 Å². The smallest absolute Gasteiger partial charge is 0.00983 e. The minimum absolute atomic E-state index is 0.845. The van der Waals surface area contributed by atoms with Gasteiger partial charge in [-0.05, 0) is 45.6 Å². The van der Waals surface area contributed by atoms with E-state index in [9.17, 15) is 0 Å². The second-order valence-corrected chi connectivity index (χ2v) is 4.41. The van der Waals surface area contributed by atoms with E-state index in [1.807, 2.05) is 0 Å². The lowest BCUT2D eigenvalue weighted by Gasteiger charge is -2.22. The zero-order valence-corrected chi connectivity index (χ0v) is 7.88. The van der Waals surface area contributed by atoms with E-state index >= 15 is 0 Å². The maximum atomic E-state index is 2.56. The summed E-state index contributed by atoms with van der Waals surface area (Å²) in [5.41, 5.74) is 0. The van der Waals surface area contributed by atoms with E-state index < -0.39 is 0 Å². The van der Waals surface area contributed by atoms with Crippen molar-refractivity contribution in [2.45, 2.75) is 45.2 Å². The van der Waals surface area contributed by atoms with Gasteiger partial charge < -0.3 is 4.90 Å². The topological polar surface area (TPSA) is 3.24 Å².